The molecule has 1 aromatic carbocycles. The van der Waals surface area contributed by atoms with Crippen LogP contribution in [0.1, 0.15) is 40.7 Å². The number of hydrogen-bond acceptors (Lipinski definition) is 5. The van der Waals surface area contributed by atoms with Gasteiger partial charge in [-0.15, -0.1) is 0 Å². The summed E-state index contributed by atoms with van der Waals surface area (Å²) < 4.78 is 10.5. The molecule has 1 aliphatic heterocycles. The van der Waals surface area contributed by atoms with E-state index in [1.54, 1.807) is 43.5 Å². The topological polar surface area (TPSA) is 80.8 Å². The highest BCUT2D eigenvalue weighted by molar-refractivity contribution is 6.04. The second-order valence-corrected chi connectivity index (χ2v) is 6.93. The number of anilines is 1. The number of aromatic nitrogens is 1. The van der Waals surface area contributed by atoms with E-state index in [0.717, 1.165) is 25.9 Å². The van der Waals surface area contributed by atoms with E-state index in [1.165, 1.54) is 7.11 Å². The molecule has 1 aromatic heterocycles. The first kappa shape index (κ1) is 19.7. The lowest BCUT2D eigenvalue weighted by Crippen LogP contribution is -2.39. The zero-order valence-electron chi connectivity index (χ0n) is 16.4. The molecule has 0 bridgehead atoms. The molecule has 0 aliphatic carbocycles. The van der Waals surface area contributed by atoms with Gasteiger partial charge in [-0.1, -0.05) is 13.0 Å². The first-order valence-corrected chi connectivity index (χ1v) is 9.31. The number of nitrogens with zero attached hydrogens (tertiary/aromatic N) is 2. The Hall–Kier alpha value is -3.09. The van der Waals surface area contributed by atoms with E-state index >= 15 is 0 Å². The highest BCUT2D eigenvalue weighted by Gasteiger charge is 2.23. The van der Waals surface area contributed by atoms with E-state index < -0.39 is 5.91 Å². The molecule has 2 amide bonds. The van der Waals surface area contributed by atoms with Gasteiger partial charge in [0.05, 0.1) is 19.9 Å². The van der Waals surface area contributed by atoms with Crippen LogP contribution in [0.2, 0.25) is 0 Å². The van der Waals surface area contributed by atoms with E-state index in [2.05, 4.69) is 17.2 Å². The molecule has 0 saturated carbocycles. The molecule has 1 fully saturated rings. The number of benzene rings is 1. The van der Waals surface area contributed by atoms with Crippen molar-refractivity contribution in [2.24, 2.45) is 5.92 Å². The fourth-order valence-corrected chi connectivity index (χ4v) is 3.30. The molecule has 0 spiro atoms. The Morgan fingerprint density at radius 3 is 2.64 bits per heavy atom. The van der Waals surface area contributed by atoms with Gasteiger partial charge >= 0.3 is 0 Å². The van der Waals surface area contributed by atoms with Crippen LogP contribution in [0.4, 0.5) is 5.69 Å². The Morgan fingerprint density at radius 1 is 1.14 bits per heavy atom. The molecule has 2 heterocycles. The number of likely N-dealkylation sites (tertiary alicyclic amines) is 1. The molecule has 7 heteroatoms. The number of pyridine rings is 1. The van der Waals surface area contributed by atoms with Crippen molar-refractivity contribution in [2.75, 3.05) is 32.6 Å². The lowest BCUT2D eigenvalue weighted by atomic mass is 10.00. The second-order valence-electron chi connectivity index (χ2n) is 6.93. The predicted octanol–water partition coefficient (Wildman–Crippen LogP) is 3.22. The maximum atomic E-state index is 12.7. The number of piperidine rings is 1. The maximum absolute atomic E-state index is 12.7. The van der Waals surface area contributed by atoms with Crippen LogP contribution >= 0.6 is 0 Å². The summed E-state index contributed by atoms with van der Waals surface area (Å²) in [6.07, 6.45) is 2.12. The predicted molar refractivity (Wildman–Crippen MR) is 106 cm³/mol. The van der Waals surface area contributed by atoms with Crippen LogP contribution in [0.5, 0.6) is 11.5 Å². The molecule has 1 saturated heterocycles. The normalized spacial score (nSPS) is 16.4. The average Bonchev–Trinajstić information content (AvgIpc) is 2.73. The van der Waals surface area contributed by atoms with Crippen LogP contribution in [0.3, 0.4) is 0 Å². The van der Waals surface area contributed by atoms with Gasteiger partial charge in [0.25, 0.3) is 11.8 Å². The minimum absolute atomic E-state index is 0.136. The summed E-state index contributed by atoms with van der Waals surface area (Å²) in [6.45, 7) is 3.59. The molecular weight excluding hydrogens is 358 g/mol. The largest absolute Gasteiger partial charge is 0.497 e. The number of methoxy groups -OCH3 is 2. The van der Waals surface area contributed by atoms with Gasteiger partial charge in [0.2, 0.25) is 0 Å². The van der Waals surface area contributed by atoms with E-state index in [-0.39, 0.29) is 17.3 Å². The quantitative estimate of drug-likeness (QED) is 0.857. The Balaban J connectivity index is 1.76. The van der Waals surface area contributed by atoms with Crippen molar-refractivity contribution >= 4 is 17.5 Å². The average molecular weight is 383 g/mol. The summed E-state index contributed by atoms with van der Waals surface area (Å²) in [7, 11) is 3.07. The molecule has 1 aliphatic rings. The van der Waals surface area contributed by atoms with Crippen molar-refractivity contribution in [2.45, 2.75) is 19.8 Å². The SMILES string of the molecule is COc1ccc(NC(=O)c2cccc(C(=O)N3CCCC(C)C3)n2)c(OC)c1. The van der Waals surface area contributed by atoms with Crippen LogP contribution in [-0.2, 0) is 0 Å². The van der Waals surface area contributed by atoms with Gasteiger partial charge in [0, 0.05) is 19.2 Å². The second kappa shape index (κ2) is 8.73. The van der Waals surface area contributed by atoms with Crippen molar-refractivity contribution in [3.8, 4) is 11.5 Å². The minimum atomic E-state index is -0.412. The summed E-state index contributed by atoms with van der Waals surface area (Å²) in [6, 6.07) is 10.0. The summed E-state index contributed by atoms with van der Waals surface area (Å²) in [5, 5.41) is 2.77. The van der Waals surface area contributed by atoms with Crippen molar-refractivity contribution in [3.05, 3.63) is 47.8 Å². The Kier molecular flexibility index (Phi) is 6.13. The van der Waals surface area contributed by atoms with Gasteiger partial charge in [-0.3, -0.25) is 9.59 Å². The molecule has 28 heavy (non-hydrogen) atoms. The first-order valence-electron chi connectivity index (χ1n) is 9.31. The molecule has 3 rings (SSSR count). The summed E-state index contributed by atoms with van der Waals surface area (Å²) in [4.78, 5) is 31.5. The Morgan fingerprint density at radius 2 is 1.93 bits per heavy atom. The third kappa shape index (κ3) is 4.42. The van der Waals surface area contributed by atoms with Gasteiger partial charge in [-0.05, 0) is 43.0 Å². The fourth-order valence-electron chi connectivity index (χ4n) is 3.30. The third-order valence-electron chi connectivity index (χ3n) is 4.80. The number of hydrogen-bond donors (Lipinski definition) is 1. The molecular formula is C21H25N3O4. The highest BCUT2D eigenvalue weighted by Crippen LogP contribution is 2.29. The lowest BCUT2D eigenvalue weighted by Gasteiger charge is -2.30. The van der Waals surface area contributed by atoms with Crippen molar-refractivity contribution in [1.82, 2.24) is 9.88 Å². The first-order chi connectivity index (χ1) is 13.5. The van der Waals surface area contributed by atoms with Crippen LogP contribution in [0.15, 0.2) is 36.4 Å². The zero-order chi connectivity index (χ0) is 20.1. The molecule has 1 N–H and O–H groups in total. The fraction of sp³-hybridized carbons (Fsp3) is 0.381. The van der Waals surface area contributed by atoms with Crippen molar-refractivity contribution in [3.63, 3.8) is 0 Å². The number of nitrogens with one attached hydrogen (secondary N) is 1. The number of carbonyl (C=O) groups excluding carboxylic acids is 2. The molecule has 2 aromatic rings. The Bertz CT molecular complexity index is 868. The highest BCUT2D eigenvalue weighted by atomic mass is 16.5. The van der Waals surface area contributed by atoms with E-state index in [0.29, 0.717) is 23.1 Å². The summed E-state index contributed by atoms with van der Waals surface area (Å²) in [5.41, 5.74) is 0.953. The van der Waals surface area contributed by atoms with Crippen LogP contribution < -0.4 is 14.8 Å². The smallest absolute Gasteiger partial charge is 0.274 e. The van der Waals surface area contributed by atoms with Crippen molar-refractivity contribution in [1.29, 1.82) is 0 Å². The summed E-state index contributed by atoms with van der Waals surface area (Å²) >= 11 is 0. The van der Waals surface area contributed by atoms with Gasteiger partial charge in [-0.25, -0.2) is 4.98 Å². The number of amides is 2. The lowest BCUT2D eigenvalue weighted by molar-refractivity contribution is 0.0677. The minimum Gasteiger partial charge on any atom is -0.497 e. The standard InChI is InChI=1S/C21H25N3O4/c1-14-6-5-11-24(13-14)21(26)18-8-4-7-17(22-18)20(25)23-16-10-9-15(27-2)12-19(16)28-3/h4,7-10,12,14H,5-6,11,13H2,1-3H3,(H,23,25). The molecule has 1 atom stereocenters. The van der Waals surface area contributed by atoms with Crippen LogP contribution in [0, 0.1) is 5.92 Å². The number of carbonyl (C=O) groups is 2. The third-order valence-corrected chi connectivity index (χ3v) is 4.80. The number of rotatable bonds is 5. The van der Waals surface area contributed by atoms with Crippen molar-refractivity contribution < 1.29 is 19.1 Å². The van der Waals surface area contributed by atoms with Gasteiger partial charge < -0.3 is 19.7 Å². The van der Waals surface area contributed by atoms with Gasteiger partial charge in [-0.2, -0.15) is 0 Å². The molecule has 1 unspecified atom stereocenters. The van der Waals surface area contributed by atoms with E-state index in [1.807, 2.05) is 4.90 Å². The zero-order valence-corrected chi connectivity index (χ0v) is 16.4. The van der Waals surface area contributed by atoms with Gasteiger partial charge in [0.15, 0.2) is 0 Å². The van der Waals surface area contributed by atoms with Gasteiger partial charge in [0.1, 0.15) is 22.9 Å². The Labute approximate surface area is 164 Å². The van der Waals surface area contributed by atoms with Crippen LogP contribution in [-0.4, -0.2) is 49.0 Å². The number of ether oxygens (including phenoxy) is 2. The monoisotopic (exact) mass is 383 g/mol. The molecule has 7 nitrogen and oxygen atoms in total. The molecule has 0 radical (unpaired) electrons. The molecule has 148 valence electrons. The van der Waals surface area contributed by atoms with E-state index in [4.69, 9.17) is 9.47 Å². The van der Waals surface area contributed by atoms with Crippen LogP contribution in [0.25, 0.3) is 0 Å². The summed E-state index contributed by atoms with van der Waals surface area (Å²) in [5.74, 6) is 1.03. The van der Waals surface area contributed by atoms with E-state index in [9.17, 15) is 9.59 Å². The maximum Gasteiger partial charge on any atom is 0.274 e.